The number of rotatable bonds is 4. The highest BCUT2D eigenvalue weighted by molar-refractivity contribution is 9.10. The maximum atomic E-state index is 11.0. The zero-order valence-corrected chi connectivity index (χ0v) is 11.9. The van der Waals surface area contributed by atoms with Gasteiger partial charge in [-0.2, -0.15) is 0 Å². The second-order valence-corrected chi connectivity index (χ2v) is 5.11. The van der Waals surface area contributed by atoms with Gasteiger partial charge in [0.1, 0.15) is 5.69 Å². The van der Waals surface area contributed by atoms with Gasteiger partial charge in [-0.3, -0.25) is 10.1 Å². The lowest BCUT2D eigenvalue weighted by Crippen LogP contribution is -2.08. The second kappa shape index (κ2) is 5.84. The van der Waals surface area contributed by atoms with E-state index in [1.54, 1.807) is 12.1 Å². The lowest BCUT2D eigenvalue weighted by molar-refractivity contribution is -0.384. The van der Waals surface area contributed by atoms with Gasteiger partial charge in [0.15, 0.2) is 0 Å². The fourth-order valence-corrected chi connectivity index (χ4v) is 2.20. The Bertz CT molecular complexity index is 587. The molecule has 0 aliphatic heterocycles. The molecule has 1 atom stereocenters. The fraction of sp³-hybridized carbons (Fsp3) is 0.143. The fourth-order valence-electron chi connectivity index (χ4n) is 1.84. The standard InChI is InChI=1S/C14H13BrN2O2/c1-10(11-5-3-2-4-6-11)16-13-9-12(15)7-8-14(13)17(18)19/h2-10,16H,1H3/t10-/m0/s1. The molecule has 0 unspecified atom stereocenters. The number of nitro groups is 1. The van der Waals surface area contributed by atoms with Crippen LogP contribution in [0.3, 0.4) is 0 Å². The van der Waals surface area contributed by atoms with Crippen molar-refractivity contribution in [1.82, 2.24) is 0 Å². The summed E-state index contributed by atoms with van der Waals surface area (Å²) in [4.78, 5) is 10.6. The Morgan fingerprint density at radius 3 is 2.53 bits per heavy atom. The third-order valence-corrected chi connectivity index (χ3v) is 3.32. The van der Waals surface area contributed by atoms with Gasteiger partial charge in [0.2, 0.25) is 0 Å². The van der Waals surface area contributed by atoms with E-state index in [2.05, 4.69) is 21.2 Å². The van der Waals surface area contributed by atoms with Gasteiger partial charge < -0.3 is 5.32 Å². The molecule has 2 aromatic carbocycles. The first-order chi connectivity index (χ1) is 9.08. The Kier molecular flexibility index (Phi) is 4.16. The molecule has 0 aromatic heterocycles. The number of benzene rings is 2. The Morgan fingerprint density at radius 2 is 1.89 bits per heavy atom. The summed E-state index contributed by atoms with van der Waals surface area (Å²) in [5.74, 6) is 0. The van der Waals surface area contributed by atoms with Gasteiger partial charge in [0.05, 0.1) is 4.92 Å². The predicted molar refractivity (Wildman–Crippen MR) is 79.3 cm³/mol. The number of hydrogen-bond donors (Lipinski definition) is 1. The summed E-state index contributed by atoms with van der Waals surface area (Å²) < 4.78 is 0.806. The van der Waals surface area contributed by atoms with Crippen molar-refractivity contribution in [3.05, 3.63) is 68.7 Å². The van der Waals surface area contributed by atoms with E-state index in [1.165, 1.54) is 6.07 Å². The molecule has 2 rings (SSSR count). The summed E-state index contributed by atoms with van der Waals surface area (Å²) in [5.41, 5.74) is 1.67. The van der Waals surface area contributed by atoms with Crippen LogP contribution in [0.25, 0.3) is 0 Å². The lowest BCUT2D eigenvalue weighted by Gasteiger charge is -2.15. The van der Waals surface area contributed by atoms with Crippen LogP contribution < -0.4 is 5.32 Å². The molecule has 0 heterocycles. The molecule has 0 saturated heterocycles. The number of halogens is 1. The molecule has 0 amide bonds. The maximum Gasteiger partial charge on any atom is 0.292 e. The largest absolute Gasteiger partial charge is 0.373 e. The van der Waals surface area contributed by atoms with Gasteiger partial charge in [0, 0.05) is 16.6 Å². The zero-order valence-electron chi connectivity index (χ0n) is 10.3. The second-order valence-electron chi connectivity index (χ2n) is 4.20. The molecule has 19 heavy (non-hydrogen) atoms. The van der Waals surface area contributed by atoms with E-state index >= 15 is 0 Å². The normalized spacial score (nSPS) is 11.9. The van der Waals surface area contributed by atoms with Crippen molar-refractivity contribution in [2.75, 3.05) is 5.32 Å². The number of nitro benzene ring substituents is 1. The topological polar surface area (TPSA) is 55.2 Å². The van der Waals surface area contributed by atoms with Gasteiger partial charge in [-0.15, -0.1) is 0 Å². The van der Waals surface area contributed by atoms with E-state index in [0.29, 0.717) is 5.69 Å². The highest BCUT2D eigenvalue weighted by Crippen LogP contribution is 2.30. The Hall–Kier alpha value is -1.88. The monoisotopic (exact) mass is 320 g/mol. The molecule has 0 spiro atoms. The molecule has 1 N–H and O–H groups in total. The molecule has 0 bridgehead atoms. The van der Waals surface area contributed by atoms with Crippen molar-refractivity contribution in [3.63, 3.8) is 0 Å². The zero-order chi connectivity index (χ0) is 13.8. The van der Waals surface area contributed by atoms with Crippen molar-refractivity contribution in [2.45, 2.75) is 13.0 Å². The molecule has 4 nitrogen and oxygen atoms in total. The predicted octanol–water partition coefficient (Wildman–Crippen LogP) is 4.53. The minimum absolute atomic E-state index is 0.00537. The van der Waals surface area contributed by atoms with Gasteiger partial charge >= 0.3 is 0 Å². The molecule has 0 saturated carbocycles. The lowest BCUT2D eigenvalue weighted by atomic mass is 10.1. The molecule has 0 radical (unpaired) electrons. The maximum absolute atomic E-state index is 11.0. The van der Waals surface area contributed by atoms with Crippen molar-refractivity contribution in [3.8, 4) is 0 Å². The first kappa shape index (κ1) is 13.5. The average Bonchev–Trinajstić information content (AvgIpc) is 2.39. The first-order valence-corrected chi connectivity index (χ1v) is 6.62. The van der Waals surface area contributed by atoms with Crippen LogP contribution in [0.5, 0.6) is 0 Å². The van der Waals surface area contributed by atoms with Crippen LogP contribution in [0.2, 0.25) is 0 Å². The Morgan fingerprint density at radius 1 is 1.21 bits per heavy atom. The van der Waals surface area contributed by atoms with Crippen molar-refractivity contribution >= 4 is 27.3 Å². The summed E-state index contributed by atoms with van der Waals surface area (Å²) >= 11 is 3.33. The average molecular weight is 321 g/mol. The van der Waals surface area contributed by atoms with E-state index in [1.807, 2.05) is 37.3 Å². The number of nitrogens with zero attached hydrogens (tertiary/aromatic N) is 1. The minimum atomic E-state index is -0.382. The summed E-state index contributed by atoms with van der Waals surface area (Å²) in [6.45, 7) is 1.97. The van der Waals surface area contributed by atoms with E-state index in [4.69, 9.17) is 0 Å². The van der Waals surface area contributed by atoms with Crippen molar-refractivity contribution in [1.29, 1.82) is 0 Å². The third kappa shape index (κ3) is 3.32. The van der Waals surface area contributed by atoms with Crippen molar-refractivity contribution < 1.29 is 4.92 Å². The van der Waals surface area contributed by atoms with Gasteiger partial charge in [0.25, 0.3) is 5.69 Å². The highest BCUT2D eigenvalue weighted by atomic mass is 79.9. The van der Waals surface area contributed by atoms with Crippen molar-refractivity contribution in [2.24, 2.45) is 0 Å². The molecule has 0 aliphatic rings. The summed E-state index contributed by atoms with van der Waals surface area (Å²) in [6.07, 6.45) is 0. The summed E-state index contributed by atoms with van der Waals surface area (Å²) in [6, 6.07) is 14.7. The molecular formula is C14H13BrN2O2. The van der Waals surface area contributed by atoms with Crippen LogP contribution in [0.1, 0.15) is 18.5 Å². The van der Waals surface area contributed by atoms with Gasteiger partial charge in [-0.05, 0) is 24.6 Å². The number of anilines is 1. The first-order valence-electron chi connectivity index (χ1n) is 5.83. The van der Waals surface area contributed by atoms with Crippen LogP contribution in [-0.2, 0) is 0 Å². The van der Waals surface area contributed by atoms with Crippen LogP contribution >= 0.6 is 15.9 Å². The Labute approximate surface area is 119 Å². The Balaban J connectivity index is 2.28. The summed E-state index contributed by atoms with van der Waals surface area (Å²) in [5, 5.41) is 14.2. The number of nitrogens with one attached hydrogen (secondary N) is 1. The molecule has 5 heteroatoms. The molecule has 2 aromatic rings. The van der Waals surface area contributed by atoms with Gasteiger partial charge in [-0.25, -0.2) is 0 Å². The van der Waals surface area contributed by atoms with Crippen LogP contribution in [0.4, 0.5) is 11.4 Å². The molecule has 0 fully saturated rings. The van der Waals surface area contributed by atoms with Crippen LogP contribution in [0, 0.1) is 10.1 Å². The van der Waals surface area contributed by atoms with E-state index in [-0.39, 0.29) is 16.7 Å². The number of hydrogen-bond acceptors (Lipinski definition) is 3. The van der Waals surface area contributed by atoms with E-state index in [9.17, 15) is 10.1 Å². The minimum Gasteiger partial charge on any atom is -0.373 e. The van der Waals surface area contributed by atoms with E-state index in [0.717, 1.165) is 10.0 Å². The highest BCUT2D eigenvalue weighted by Gasteiger charge is 2.16. The smallest absolute Gasteiger partial charge is 0.292 e. The molecule has 0 aliphatic carbocycles. The molecular weight excluding hydrogens is 308 g/mol. The van der Waals surface area contributed by atoms with Gasteiger partial charge in [-0.1, -0.05) is 46.3 Å². The van der Waals surface area contributed by atoms with Crippen LogP contribution in [-0.4, -0.2) is 4.92 Å². The van der Waals surface area contributed by atoms with Crippen LogP contribution in [0.15, 0.2) is 53.0 Å². The van der Waals surface area contributed by atoms with E-state index < -0.39 is 0 Å². The molecule has 98 valence electrons. The SMILES string of the molecule is C[C@H](Nc1cc(Br)ccc1[N+](=O)[O-])c1ccccc1. The third-order valence-electron chi connectivity index (χ3n) is 2.83. The summed E-state index contributed by atoms with van der Waals surface area (Å²) in [7, 11) is 0. The quantitative estimate of drug-likeness (QED) is 0.665.